The Morgan fingerprint density at radius 1 is 0.733 bits per heavy atom. The number of carbonyl (C=O) groups is 2. The molecule has 0 saturated heterocycles. The van der Waals surface area contributed by atoms with Crippen molar-refractivity contribution >= 4 is 22.3 Å². The number of aromatic nitrogens is 1. The number of rotatable bonds is 8. The number of Topliss-reactive ketones (excluding diaryl/α,β-unsaturated/α-hetero) is 2. The maximum absolute atomic E-state index is 11.4. The Morgan fingerprint density at radius 2 is 1.27 bits per heavy atom. The second-order valence-corrected chi connectivity index (χ2v) is 9.52. The summed E-state index contributed by atoms with van der Waals surface area (Å²) in [6, 6.07) is 31.9. The predicted octanol–water partition coefficient (Wildman–Crippen LogP) is 11.1. The number of carbonyl (C=O) groups excluding carboxylic acids is 2. The van der Waals surface area contributed by atoms with Crippen molar-refractivity contribution in [3.63, 3.8) is 0 Å². The smallest absolute Gasteiger partial charge is 0.195 e. The van der Waals surface area contributed by atoms with Crippen molar-refractivity contribution in [3.8, 4) is 28.3 Å². The number of hydrogen-bond acceptors (Lipinski definition) is 5. The highest BCUT2D eigenvalue weighted by molar-refractivity contribution is 5.88. The fraction of sp³-hybridized carbons (Fsp3) is 0.325. The zero-order valence-corrected chi connectivity index (χ0v) is 28.8. The summed E-state index contributed by atoms with van der Waals surface area (Å²) < 4.78 is 11.1. The van der Waals surface area contributed by atoms with E-state index < -0.39 is 0 Å². The van der Waals surface area contributed by atoms with Crippen molar-refractivity contribution in [1.82, 2.24) is 4.98 Å². The Hall–Kier alpha value is -4.51. The molecule has 4 aromatic carbocycles. The number of oxazole rings is 1. The third-order valence-electron chi connectivity index (χ3n) is 6.63. The van der Waals surface area contributed by atoms with E-state index in [1.54, 1.807) is 21.0 Å². The van der Waals surface area contributed by atoms with Crippen LogP contribution in [0.3, 0.4) is 0 Å². The number of methoxy groups -OCH3 is 1. The normalized spacial score (nSPS) is 10.3. The second kappa shape index (κ2) is 21.2. The fourth-order valence-corrected chi connectivity index (χ4v) is 4.20. The van der Waals surface area contributed by atoms with Crippen molar-refractivity contribution in [2.24, 2.45) is 0 Å². The number of ketones is 2. The van der Waals surface area contributed by atoms with Gasteiger partial charge in [-0.1, -0.05) is 133 Å². The monoisotopic (exact) mass is 609 g/mol. The van der Waals surface area contributed by atoms with E-state index in [-0.39, 0.29) is 17.5 Å². The molecule has 5 nitrogen and oxygen atoms in total. The fourth-order valence-electron chi connectivity index (χ4n) is 4.20. The highest BCUT2D eigenvalue weighted by Crippen LogP contribution is 2.33. The van der Waals surface area contributed by atoms with Gasteiger partial charge >= 0.3 is 0 Å². The second-order valence-electron chi connectivity index (χ2n) is 9.52. The van der Waals surface area contributed by atoms with Crippen LogP contribution in [0.25, 0.3) is 33.4 Å². The first kappa shape index (κ1) is 38.5. The van der Waals surface area contributed by atoms with Gasteiger partial charge in [0.25, 0.3) is 0 Å². The summed E-state index contributed by atoms with van der Waals surface area (Å²) in [7, 11) is 1.66. The molecule has 0 aliphatic carbocycles. The molecule has 0 bridgehead atoms. The van der Waals surface area contributed by atoms with Gasteiger partial charge in [0.15, 0.2) is 11.7 Å². The highest BCUT2D eigenvalue weighted by Gasteiger charge is 2.17. The molecule has 5 aromatic rings. The number of aryl methyl sites for hydroxylation is 1. The summed E-state index contributed by atoms with van der Waals surface area (Å²) in [5, 5.41) is 2.26. The van der Waals surface area contributed by atoms with Crippen LogP contribution in [0, 0.1) is 0 Å². The summed E-state index contributed by atoms with van der Waals surface area (Å²) in [5.41, 5.74) is 3.89. The van der Waals surface area contributed by atoms with Gasteiger partial charge in [0.1, 0.15) is 23.0 Å². The summed E-state index contributed by atoms with van der Waals surface area (Å²) in [4.78, 5) is 27.1. The van der Waals surface area contributed by atoms with Crippen LogP contribution < -0.4 is 4.74 Å². The zero-order chi connectivity index (χ0) is 33.8. The minimum absolute atomic E-state index is 0.0403. The van der Waals surface area contributed by atoms with E-state index in [1.165, 1.54) is 0 Å². The van der Waals surface area contributed by atoms with Crippen LogP contribution in [0.1, 0.15) is 86.1 Å². The van der Waals surface area contributed by atoms with Gasteiger partial charge in [-0.3, -0.25) is 4.79 Å². The van der Waals surface area contributed by atoms with Gasteiger partial charge in [-0.25, -0.2) is 4.98 Å². The molecule has 240 valence electrons. The molecule has 0 aliphatic heterocycles. The van der Waals surface area contributed by atoms with E-state index in [0.29, 0.717) is 18.7 Å². The standard InChI is InChI=1S/C19H17NO2.C15H16O2.3C2H6/c1-14(21)12-13-17-20-18(15-8-4-2-5-9-15)19(22-17)16-10-6-3-7-11-16;1-10(11(2)16)12-4-5-14-9-15(17-3)7-6-13(14)8-12;3*1-2/h2-11H,12-13H2,1H3;4-10H,1-3H3;3*1-2H3/t;10-;;;/m.1.../s1. The minimum Gasteiger partial charge on any atom is -0.497 e. The molecule has 1 heterocycles. The van der Waals surface area contributed by atoms with Crippen LogP contribution in [0.5, 0.6) is 5.75 Å². The lowest BCUT2D eigenvalue weighted by molar-refractivity contribution is -0.118. The van der Waals surface area contributed by atoms with E-state index in [4.69, 9.17) is 9.15 Å². The average Bonchev–Trinajstić information content (AvgIpc) is 3.55. The first-order valence-corrected chi connectivity index (χ1v) is 16.0. The minimum atomic E-state index is -0.0403. The maximum atomic E-state index is 11.4. The first-order chi connectivity index (χ1) is 21.9. The van der Waals surface area contributed by atoms with Gasteiger partial charge in [0.05, 0.1) is 7.11 Å². The molecule has 1 aromatic heterocycles. The molecule has 5 rings (SSSR count). The van der Waals surface area contributed by atoms with Gasteiger partial charge in [-0.15, -0.1) is 0 Å². The summed E-state index contributed by atoms with van der Waals surface area (Å²) >= 11 is 0. The lowest BCUT2D eigenvalue weighted by Crippen LogP contribution is -2.03. The molecule has 0 spiro atoms. The molecule has 1 atom stereocenters. The summed E-state index contributed by atoms with van der Waals surface area (Å²) in [6.45, 7) is 17.1. The summed E-state index contributed by atoms with van der Waals surface area (Å²) in [6.07, 6.45) is 0.977. The van der Waals surface area contributed by atoms with E-state index in [2.05, 4.69) is 11.1 Å². The molecule has 0 saturated carbocycles. The van der Waals surface area contributed by atoms with E-state index in [9.17, 15) is 9.59 Å². The molecule has 0 aliphatic rings. The van der Waals surface area contributed by atoms with Crippen molar-refractivity contribution in [2.75, 3.05) is 7.11 Å². The Balaban J connectivity index is 0.000000395. The van der Waals surface area contributed by atoms with E-state index >= 15 is 0 Å². The van der Waals surface area contributed by atoms with Crippen LogP contribution in [0.4, 0.5) is 0 Å². The molecule has 0 N–H and O–H groups in total. The van der Waals surface area contributed by atoms with Gasteiger partial charge < -0.3 is 13.9 Å². The van der Waals surface area contributed by atoms with Gasteiger partial charge in [-0.05, 0) is 42.3 Å². The molecule has 0 radical (unpaired) electrons. The zero-order valence-electron chi connectivity index (χ0n) is 28.8. The predicted molar refractivity (Wildman–Crippen MR) is 190 cm³/mol. The maximum Gasteiger partial charge on any atom is 0.195 e. The van der Waals surface area contributed by atoms with Crippen LogP contribution in [0.2, 0.25) is 0 Å². The van der Waals surface area contributed by atoms with Crippen LogP contribution in [-0.4, -0.2) is 23.7 Å². The third-order valence-corrected chi connectivity index (χ3v) is 6.63. The number of hydrogen-bond donors (Lipinski definition) is 0. The lowest BCUT2D eigenvalue weighted by Gasteiger charge is -2.09. The quantitative estimate of drug-likeness (QED) is 0.175. The Labute approximate surface area is 270 Å². The lowest BCUT2D eigenvalue weighted by atomic mass is 9.95. The Morgan fingerprint density at radius 3 is 1.80 bits per heavy atom. The highest BCUT2D eigenvalue weighted by atomic mass is 16.5. The molecule has 45 heavy (non-hydrogen) atoms. The van der Waals surface area contributed by atoms with Gasteiger partial charge in [0, 0.05) is 29.9 Å². The van der Waals surface area contributed by atoms with Crippen LogP contribution in [-0.2, 0) is 16.0 Å². The first-order valence-electron chi connectivity index (χ1n) is 16.0. The molecule has 0 unspecified atom stereocenters. The Bertz CT molecular complexity index is 1500. The van der Waals surface area contributed by atoms with Gasteiger partial charge in [0.2, 0.25) is 0 Å². The molecular weight excluding hydrogens is 558 g/mol. The number of fused-ring (bicyclic) bond motifs is 1. The van der Waals surface area contributed by atoms with Crippen molar-refractivity contribution in [3.05, 3.63) is 109 Å². The largest absolute Gasteiger partial charge is 0.497 e. The van der Waals surface area contributed by atoms with E-state index in [1.807, 2.05) is 139 Å². The molecular formula is C40H51NO4. The number of nitrogens with zero attached hydrogens (tertiary/aromatic N) is 1. The number of ether oxygens (including phenoxy) is 1. The molecule has 5 heteroatoms. The SMILES string of the molecule is CC.CC.CC.CC(=O)CCc1nc(-c2ccccc2)c(-c2ccccc2)o1.COc1ccc2cc([C@H](C)C(C)=O)ccc2c1. The van der Waals surface area contributed by atoms with Crippen molar-refractivity contribution < 1.29 is 18.7 Å². The van der Waals surface area contributed by atoms with E-state index in [0.717, 1.165) is 44.7 Å². The summed E-state index contributed by atoms with van der Waals surface area (Å²) in [5.74, 6) is 2.50. The van der Waals surface area contributed by atoms with Crippen molar-refractivity contribution in [1.29, 1.82) is 0 Å². The van der Waals surface area contributed by atoms with Crippen LogP contribution in [0.15, 0.2) is 101 Å². The van der Waals surface area contributed by atoms with Crippen molar-refractivity contribution in [2.45, 2.75) is 81.1 Å². The topological polar surface area (TPSA) is 69.4 Å². The third kappa shape index (κ3) is 11.8. The Kier molecular flexibility index (Phi) is 18.2. The van der Waals surface area contributed by atoms with Crippen LogP contribution >= 0.6 is 0 Å². The number of benzene rings is 4. The molecule has 0 fully saturated rings. The van der Waals surface area contributed by atoms with Gasteiger partial charge in [-0.2, -0.15) is 0 Å². The molecule has 0 amide bonds. The average molecular weight is 610 g/mol.